The molecule has 0 heteroatoms. The highest BCUT2D eigenvalue weighted by atomic mass is 14.0. The van der Waals surface area contributed by atoms with E-state index >= 15 is 0 Å². The first-order valence-electron chi connectivity index (χ1n) is 5.08. The Labute approximate surface area is 81.3 Å². The molecule has 0 spiro atoms. The molecule has 1 aromatic rings. The summed E-state index contributed by atoms with van der Waals surface area (Å²) >= 11 is 0. The summed E-state index contributed by atoms with van der Waals surface area (Å²) in [5.41, 5.74) is 2.97. The second kappa shape index (κ2) is 5.58. The van der Waals surface area contributed by atoms with E-state index < -0.39 is 0 Å². The van der Waals surface area contributed by atoms with Crippen LogP contribution in [-0.2, 0) is 6.42 Å². The molecule has 0 aliphatic rings. The quantitative estimate of drug-likeness (QED) is 0.606. The van der Waals surface area contributed by atoms with Gasteiger partial charge in [-0.05, 0) is 24.8 Å². The zero-order chi connectivity index (χ0) is 9.52. The normalized spacial score (nSPS) is 11.7. The van der Waals surface area contributed by atoms with Crippen LogP contribution in [0.3, 0.4) is 0 Å². The molecule has 0 bridgehead atoms. The van der Waals surface area contributed by atoms with Crippen molar-refractivity contribution in [2.45, 2.75) is 33.1 Å². The molecule has 13 heavy (non-hydrogen) atoms. The minimum Gasteiger partial charge on any atom is -0.0853 e. The lowest BCUT2D eigenvalue weighted by Crippen LogP contribution is -1.88. The minimum absolute atomic E-state index is 1.12. The molecule has 1 rings (SSSR count). The smallest absolute Gasteiger partial charge is 0.00672 e. The van der Waals surface area contributed by atoms with E-state index in [1.165, 1.54) is 12.0 Å². The number of allylic oxidation sites excluding steroid dienone is 2. The van der Waals surface area contributed by atoms with Crippen molar-refractivity contribution >= 4 is 0 Å². The topological polar surface area (TPSA) is 0 Å². The number of hydrogen-bond donors (Lipinski definition) is 0. The van der Waals surface area contributed by atoms with Crippen LogP contribution in [0.5, 0.6) is 0 Å². The van der Waals surface area contributed by atoms with Crippen molar-refractivity contribution < 1.29 is 0 Å². The standard InChI is InChI=1S/C13H18/c1-3-8-12(4-2)11-13-9-6-5-7-10-13/h5-10H,3-4,11H2,1-2H3/b12-8+. The molecule has 0 atom stereocenters. The van der Waals surface area contributed by atoms with E-state index in [-0.39, 0.29) is 0 Å². The van der Waals surface area contributed by atoms with Gasteiger partial charge in [-0.1, -0.05) is 55.8 Å². The second-order valence-electron chi connectivity index (χ2n) is 3.29. The lowest BCUT2D eigenvalue weighted by Gasteiger charge is -2.03. The Morgan fingerprint density at radius 3 is 2.38 bits per heavy atom. The van der Waals surface area contributed by atoms with Crippen LogP contribution in [-0.4, -0.2) is 0 Å². The fourth-order valence-corrected chi connectivity index (χ4v) is 1.49. The van der Waals surface area contributed by atoms with Crippen molar-refractivity contribution in [3.63, 3.8) is 0 Å². The minimum atomic E-state index is 1.12. The molecule has 0 saturated heterocycles. The van der Waals surface area contributed by atoms with Crippen molar-refractivity contribution in [2.75, 3.05) is 0 Å². The van der Waals surface area contributed by atoms with Crippen molar-refractivity contribution in [1.29, 1.82) is 0 Å². The van der Waals surface area contributed by atoms with Crippen molar-refractivity contribution in [3.05, 3.63) is 47.5 Å². The van der Waals surface area contributed by atoms with Crippen molar-refractivity contribution in [3.8, 4) is 0 Å². The van der Waals surface area contributed by atoms with E-state index in [1.807, 2.05) is 0 Å². The second-order valence-corrected chi connectivity index (χ2v) is 3.29. The van der Waals surface area contributed by atoms with Crippen LogP contribution in [0.1, 0.15) is 32.3 Å². The first-order chi connectivity index (χ1) is 6.36. The van der Waals surface area contributed by atoms with E-state index in [4.69, 9.17) is 0 Å². The first kappa shape index (κ1) is 10.0. The lowest BCUT2D eigenvalue weighted by atomic mass is 10.0. The van der Waals surface area contributed by atoms with Gasteiger partial charge in [-0.25, -0.2) is 0 Å². The van der Waals surface area contributed by atoms with Gasteiger partial charge in [-0.15, -0.1) is 0 Å². The number of hydrogen-bond acceptors (Lipinski definition) is 0. The summed E-state index contributed by atoms with van der Waals surface area (Å²) in [6, 6.07) is 10.7. The highest BCUT2D eigenvalue weighted by molar-refractivity contribution is 5.21. The van der Waals surface area contributed by atoms with Gasteiger partial charge in [0.05, 0.1) is 0 Å². The molecular weight excluding hydrogens is 156 g/mol. The largest absolute Gasteiger partial charge is 0.0853 e. The van der Waals surface area contributed by atoms with Crippen LogP contribution in [0.15, 0.2) is 42.0 Å². The van der Waals surface area contributed by atoms with Crippen LogP contribution in [0.4, 0.5) is 0 Å². The fraction of sp³-hybridized carbons (Fsp3) is 0.385. The molecule has 0 saturated carbocycles. The van der Waals surface area contributed by atoms with Gasteiger partial charge in [-0.2, -0.15) is 0 Å². The van der Waals surface area contributed by atoms with Gasteiger partial charge in [0.2, 0.25) is 0 Å². The van der Waals surface area contributed by atoms with Gasteiger partial charge in [0.1, 0.15) is 0 Å². The highest BCUT2D eigenvalue weighted by Crippen LogP contribution is 2.11. The third kappa shape index (κ3) is 3.45. The fourth-order valence-electron chi connectivity index (χ4n) is 1.49. The summed E-state index contributed by atoms with van der Waals surface area (Å²) in [5.74, 6) is 0. The van der Waals surface area contributed by atoms with Crippen LogP contribution >= 0.6 is 0 Å². The zero-order valence-electron chi connectivity index (χ0n) is 8.59. The molecule has 0 unspecified atom stereocenters. The van der Waals surface area contributed by atoms with Crippen molar-refractivity contribution in [1.82, 2.24) is 0 Å². The van der Waals surface area contributed by atoms with E-state index in [0.29, 0.717) is 0 Å². The number of benzene rings is 1. The molecule has 0 amide bonds. The maximum Gasteiger partial charge on any atom is -0.00672 e. The van der Waals surface area contributed by atoms with Crippen LogP contribution in [0, 0.1) is 0 Å². The van der Waals surface area contributed by atoms with E-state index in [1.54, 1.807) is 5.57 Å². The SMILES string of the molecule is CC/C=C(\CC)Cc1ccccc1. The zero-order valence-corrected chi connectivity index (χ0v) is 8.59. The Morgan fingerprint density at radius 2 is 1.85 bits per heavy atom. The Balaban J connectivity index is 2.62. The Hall–Kier alpha value is -1.04. The predicted molar refractivity (Wildman–Crippen MR) is 58.8 cm³/mol. The third-order valence-corrected chi connectivity index (χ3v) is 2.22. The summed E-state index contributed by atoms with van der Waals surface area (Å²) < 4.78 is 0. The van der Waals surface area contributed by atoms with Crippen LogP contribution in [0.25, 0.3) is 0 Å². The maximum atomic E-state index is 2.34. The summed E-state index contributed by atoms with van der Waals surface area (Å²) in [6.07, 6.45) is 5.77. The van der Waals surface area contributed by atoms with Gasteiger partial charge < -0.3 is 0 Å². The molecular formula is C13H18. The summed E-state index contributed by atoms with van der Waals surface area (Å²) in [5, 5.41) is 0. The van der Waals surface area contributed by atoms with E-state index in [0.717, 1.165) is 12.8 Å². The average Bonchev–Trinajstić information content (AvgIpc) is 2.19. The summed E-state index contributed by atoms with van der Waals surface area (Å²) in [4.78, 5) is 0. The molecule has 70 valence electrons. The van der Waals surface area contributed by atoms with Gasteiger partial charge in [0.25, 0.3) is 0 Å². The monoisotopic (exact) mass is 174 g/mol. The maximum absolute atomic E-state index is 2.34. The molecule has 1 aromatic carbocycles. The lowest BCUT2D eigenvalue weighted by molar-refractivity contribution is 0.978. The predicted octanol–water partition coefficient (Wildman–Crippen LogP) is 3.98. The van der Waals surface area contributed by atoms with Gasteiger partial charge in [-0.3, -0.25) is 0 Å². The molecule has 0 aliphatic heterocycles. The Bertz CT molecular complexity index is 257. The molecule has 0 nitrogen and oxygen atoms in total. The van der Waals surface area contributed by atoms with Gasteiger partial charge in [0.15, 0.2) is 0 Å². The number of rotatable bonds is 4. The third-order valence-electron chi connectivity index (χ3n) is 2.22. The Morgan fingerprint density at radius 1 is 1.15 bits per heavy atom. The average molecular weight is 174 g/mol. The van der Waals surface area contributed by atoms with Crippen LogP contribution < -0.4 is 0 Å². The summed E-state index contributed by atoms with van der Waals surface area (Å²) in [7, 11) is 0. The van der Waals surface area contributed by atoms with E-state index in [2.05, 4.69) is 50.3 Å². The van der Waals surface area contributed by atoms with Gasteiger partial charge >= 0.3 is 0 Å². The molecule has 0 heterocycles. The van der Waals surface area contributed by atoms with Gasteiger partial charge in [0, 0.05) is 0 Å². The molecule has 0 aromatic heterocycles. The Kier molecular flexibility index (Phi) is 4.31. The molecule has 0 aliphatic carbocycles. The molecule has 0 radical (unpaired) electrons. The van der Waals surface area contributed by atoms with E-state index in [9.17, 15) is 0 Å². The van der Waals surface area contributed by atoms with Crippen LogP contribution in [0.2, 0.25) is 0 Å². The highest BCUT2D eigenvalue weighted by Gasteiger charge is 1.95. The molecule has 0 N–H and O–H groups in total. The first-order valence-corrected chi connectivity index (χ1v) is 5.08. The van der Waals surface area contributed by atoms with Crippen molar-refractivity contribution in [2.24, 2.45) is 0 Å². The molecule has 0 fully saturated rings. The summed E-state index contributed by atoms with van der Waals surface area (Å²) in [6.45, 7) is 4.42.